The second-order valence-electron chi connectivity index (χ2n) is 8.13. The van der Waals surface area contributed by atoms with Crippen molar-refractivity contribution in [2.24, 2.45) is 0 Å². The molecule has 7 heteroatoms. The molecule has 0 unspecified atom stereocenters. The molecule has 1 N–H and O–H groups in total. The zero-order chi connectivity index (χ0) is 24.4. The summed E-state index contributed by atoms with van der Waals surface area (Å²) in [7, 11) is 3.01. The molecule has 0 saturated carbocycles. The van der Waals surface area contributed by atoms with Gasteiger partial charge in [-0.15, -0.1) is 0 Å². The van der Waals surface area contributed by atoms with Gasteiger partial charge in [-0.3, -0.25) is 9.59 Å². The van der Waals surface area contributed by atoms with Gasteiger partial charge < -0.3 is 24.3 Å². The molecular formula is C28H25N3O4. The van der Waals surface area contributed by atoms with Crippen molar-refractivity contribution in [2.75, 3.05) is 31.0 Å². The smallest absolute Gasteiger partial charge is 0.263 e. The number of para-hydroxylation sites is 2. The van der Waals surface area contributed by atoms with Crippen LogP contribution in [0.5, 0.6) is 11.5 Å². The van der Waals surface area contributed by atoms with Crippen LogP contribution in [0.4, 0.5) is 11.4 Å². The number of benzene rings is 3. The largest absolute Gasteiger partial charge is 0.496 e. The number of anilines is 2. The number of nitrogens with zero attached hydrogens (tertiary/aromatic N) is 2. The second-order valence-corrected chi connectivity index (χ2v) is 8.13. The van der Waals surface area contributed by atoms with Crippen molar-refractivity contribution in [1.82, 2.24) is 4.57 Å². The summed E-state index contributed by atoms with van der Waals surface area (Å²) in [4.78, 5) is 28.3. The van der Waals surface area contributed by atoms with E-state index in [0.717, 1.165) is 23.5 Å². The molecule has 1 aromatic heterocycles. The van der Waals surface area contributed by atoms with E-state index in [1.165, 1.54) is 14.2 Å². The Bertz CT molecular complexity index is 1370. The normalized spacial score (nSPS) is 12.2. The number of hydrogen-bond donors (Lipinski definition) is 1. The minimum atomic E-state index is -0.359. The minimum Gasteiger partial charge on any atom is -0.496 e. The molecule has 1 aliphatic rings. The molecule has 0 aliphatic carbocycles. The van der Waals surface area contributed by atoms with Gasteiger partial charge >= 0.3 is 0 Å². The Hall–Kier alpha value is -4.52. The Balaban J connectivity index is 1.38. The second kappa shape index (κ2) is 9.38. The molecule has 176 valence electrons. The summed E-state index contributed by atoms with van der Waals surface area (Å²) >= 11 is 0. The number of aromatic nitrogens is 1. The summed E-state index contributed by atoms with van der Waals surface area (Å²) in [5.74, 6) is 0.382. The summed E-state index contributed by atoms with van der Waals surface area (Å²) in [6, 6.07) is 24.1. The number of ether oxygens (including phenoxy) is 2. The molecule has 4 aromatic rings. The molecule has 0 fully saturated rings. The van der Waals surface area contributed by atoms with Gasteiger partial charge in [-0.2, -0.15) is 0 Å². The maximum Gasteiger partial charge on any atom is 0.263 e. The average Bonchev–Trinajstić information content (AvgIpc) is 3.31. The van der Waals surface area contributed by atoms with Crippen molar-refractivity contribution >= 4 is 23.2 Å². The fourth-order valence-corrected chi connectivity index (χ4v) is 4.43. The first-order valence-electron chi connectivity index (χ1n) is 11.3. The molecule has 2 amide bonds. The molecule has 3 aromatic carbocycles. The summed E-state index contributed by atoms with van der Waals surface area (Å²) in [5, 5.41) is 2.86. The number of carbonyl (C=O) groups is 2. The van der Waals surface area contributed by atoms with Crippen molar-refractivity contribution in [3.63, 3.8) is 0 Å². The van der Waals surface area contributed by atoms with Crippen LogP contribution in [0.2, 0.25) is 0 Å². The lowest BCUT2D eigenvalue weighted by molar-refractivity contribution is 0.0986. The maximum absolute atomic E-state index is 13.5. The number of hydrogen-bond acceptors (Lipinski definition) is 4. The number of amides is 2. The van der Waals surface area contributed by atoms with Crippen LogP contribution in [0.1, 0.15) is 26.4 Å². The summed E-state index contributed by atoms with van der Waals surface area (Å²) < 4.78 is 12.8. The van der Waals surface area contributed by atoms with Gasteiger partial charge in [-0.25, -0.2) is 0 Å². The highest BCUT2D eigenvalue weighted by Gasteiger charge is 2.25. The first-order chi connectivity index (χ1) is 17.1. The first-order valence-corrected chi connectivity index (χ1v) is 11.3. The standard InChI is InChI=1S/C28H25N3O4/c1-34-24-10-5-11-25(35-2)26(24)27(32)29-20-14-12-19(13-15-20)28(33)31-18-16-21-7-6-17-30(21)22-8-3-4-9-23(22)31/h3-15,17H,16,18H2,1-2H3,(H,29,32). The Kier molecular flexibility index (Phi) is 5.97. The van der Waals surface area contributed by atoms with E-state index in [4.69, 9.17) is 9.47 Å². The molecule has 0 atom stereocenters. The molecule has 0 radical (unpaired) electrons. The number of fused-ring (bicyclic) bond motifs is 3. The van der Waals surface area contributed by atoms with E-state index in [0.29, 0.717) is 34.9 Å². The highest BCUT2D eigenvalue weighted by Crippen LogP contribution is 2.31. The predicted molar refractivity (Wildman–Crippen MR) is 135 cm³/mol. The van der Waals surface area contributed by atoms with Gasteiger partial charge in [0.15, 0.2) is 0 Å². The van der Waals surface area contributed by atoms with Gasteiger partial charge in [0.05, 0.1) is 25.6 Å². The summed E-state index contributed by atoms with van der Waals surface area (Å²) in [6.07, 6.45) is 2.78. The average molecular weight is 468 g/mol. The lowest BCUT2D eigenvalue weighted by Gasteiger charge is -2.23. The van der Waals surface area contributed by atoms with Crippen LogP contribution in [0, 0.1) is 0 Å². The molecule has 0 spiro atoms. The van der Waals surface area contributed by atoms with Crippen molar-refractivity contribution in [3.05, 3.63) is 102 Å². The Morgan fingerprint density at radius 1 is 0.800 bits per heavy atom. The zero-order valence-corrected chi connectivity index (χ0v) is 19.5. The van der Waals surface area contributed by atoms with Crippen LogP contribution in [0.15, 0.2) is 85.1 Å². The topological polar surface area (TPSA) is 72.8 Å². The van der Waals surface area contributed by atoms with Crippen LogP contribution < -0.4 is 19.7 Å². The minimum absolute atomic E-state index is 0.0903. The molecule has 2 heterocycles. The van der Waals surface area contributed by atoms with Gasteiger partial charge in [0.25, 0.3) is 11.8 Å². The molecule has 1 aliphatic heterocycles. The SMILES string of the molecule is COc1cccc(OC)c1C(=O)Nc1ccc(C(=O)N2CCc3cccn3-c3ccccc32)cc1. The number of methoxy groups -OCH3 is 2. The van der Waals surface area contributed by atoms with Crippen molar-refractivity contribution in [3.8, 4) is 17.2 Å². The third kappa shape index (κ3) is 4.12. The Morgan fingerprint density at radius 2 is 1.49 bits per heavy atom. The van der Waals surface area contributed by atoms with E-state index in [9.17, 15) is 9.59 Å². The summed E-state index contributed by atoms with van der Waals surface area (Å²) in [5.41, 5.74) is 4.42. The van der Waals surface area contributed by atoms with Gasteiger partial charge in [0, 0.05) is 36.1 Å². The van der Waals surface area contributed by atoms with Gasteiger partial charge in [0.1, 0.15) is 17.1 Å². The van der Waals surface area contributed by atoms with Crippen molar-refractivity contribution < 1.29 is 19.1 Å². The molecule has 35 heavy (non-hydrogen) atoms. The fourth-order valence-electron chi connectivity index (χ4n) is 4.43. The monoisotopic (exact) mass is 467 g/mol. The third-order valence-corrected chi connectivity index (χ3v) is 6.15. The molecule has 0 bridgehead atoms. The molecule has 7 nitrogen and oxygen atoms in total. The number of nitrogens with one attached hydrogen (secondary N) is 1. The van der Waals surface area contributed by atoms with Crippen molar-refractivity contribution in [1.29, 1.82) is 0 Å². The van der Waals surface area contributed by atoms with E-state index in [2.05, 4.69) is 16.0 Å². The lowest BCUT2D eigenvalue weighted by atomic mass is 10.1. The van der Waals surface area contributed by atoms with Crippen LogP contribution in [-0.4, -0.2) is 37.1 Å². The quantitative estimate of drug-likeness (QED) is 0.451. The number of carbonyl (C=O) groups excluding carboxylic acids is 2. The van der Waals surface area contributed by atoms with Crippen LogP contribution in [0.25, 0.3) is 5.69 Å². The predicted octanol–water partition coefficient (Wildman–Crippen LogP) is 4.95. The molecule has 5 rings (SSSR count). The van der Waals surface area contributed by atoms with E-state index >= 15 is 0 Å². The Labute approximate surface area is 203 Å². The Morgan fingerprint density at radius 3 is 2.17 bits per heavy atom. The van der Waals surface area contributed by atoms with Crippen LogP contribution in [-0.2, 0) is 6.42 Å². The van der Waals surface area contributed by atoms with E-state index < -0.39 is 0 Å². The molecule has 0 saturated heterocycles. The van der Waals surface area contributed by atoms with Gasteiger partial charge in [0.2, 0.25) is 0 Å². The van der Waals surface area contributed by atoms with Crippen LogP contribution in [0.3, 0.4) is 0 Å². The van der Waals surface area contributed by atoms with Gasteiger partial charge in [-0.1, -0.05) is 18.2 Å². The lowest BCUT2D eigenvalue weighted by Crippen LogP contribution is -2.32. The first kappa shape index (κ1) is 22.3. The van der Waals surface area contributed by atoms with E-state index in [-0.39, 0.29) is 11.8 Å². The maximum atomic E-state index is 13.5. The molecular weight excluding hydrogens is 442 g/mol. The van der Waals surface area contributed by atoms with Gasteiger partial charge in [-0.05, 0) is 60.7 Å². The highest BCUT2D eigenvalue weighted by atomic mass is 16.5. The summed E-state index contributed by atoms with van der Waals surface area (Å²) in [6.45, 7) is 0.575. The van der Waals surface area contributed by atoms with E-state index in [1.807, 2.05) is 41.4 Å². The van der Waals surface area contributed by atoms with E-state index in [1.54, 1.807) is 42.5 Å². The van der Waals surface area contributed by atoms with Crippen molar-refractivity contribution in [2.45, 2.75) is 6.42 Å². The highest BCUT2D eigenvalue weighted by molar-refractivity contribution is 6.09. The fraction of sp³-hybridized carbons (Fsp3) is 0.143. The van der Waals surface area contributed by atoms with Crippen LogP contribution >= 0.6 is 0 Å². The zero-order valence-electron chi connectivity index (χ0n) is 19.5. The number of rotatable bonds is 5. The third-order valence-electron chi connectivity index (χ3n) is 6.15.